The van der Waals surface area contributed by atoms with Gasteiger partial charge in [-0.15, -0.1) is 0 Å². The van der Waals surface area contributed by atoms with Gasteiger partial charge in [-0.2, -0.15) is 0 Å². The van der Waals surface area contributed by atoms with Gasteiger partial charge in [0.25, 0.3) is 0 Å². The van der Waals surface area contributed by atoms with Crippen molar-refractivity contribution in [2.75, 3.05) is 0 Å². The highest BCUT2D eigenvalue weighted by molar-refractivity contribution is 5.66. The second-order valence-corrected chi connectivity index (χ2v) is 11.4. The van der Waals surface area contributed by atoms with E-state index >= 15 is 4.39 Å². The smallest absolute Gasteiger partial charge is 0.303 e. The van der Waals surface area contributed by atoms with E-state index < -0.39 is 24.3 Å². The predicted molar refractivity (Wildman–Crippen MR) is 109 cm³/mol. The summed E-state index contributed by atoms with van der Waals surface area (Å²) in [6.07, 6.45) is 4.57. The van der Waals surface area contributed by atoms with Crippen LogP contribution in [0.15, 0.2) is 0 Å². The molecule has 166 valence electrons. The third-order valence-electron chi connectivity index (χ3n) is 10.2. The zero-order chi connectivity index (χ0) is 21.1. The number of carbonyl (C=O) groups is 1. The van der Waals surface area contributed by atoms with Crippen molar-refractivity contribution in [1.82, 2.24) is 0 Å². The average molecular weight is 411 g/mol. The highest BCUT2D eigenvalue weighted by Crippen LogP contribution is 2.68. The first-order chi connectivity index (χ1) is 13.6. The lowest BCUT2D eigenvalue weighted by atomic mass is 9.43. The lowest BCUT2D eigenvalue weighted by molar-refractivity contribution is -0.206. The molecule has 4 fully saturated rings. The van der Waals surface area contributed by atoms with Crippen LogP contribution in [0.5, 0.6) is 0 Å². The van der Waals surface area contributed by atoms with Crippen LogP contribution in [-0.4, -0.2) is 39.7 Å². The van der Waals surface area contributed by atoms with E-state index in [9.17, 15) is 15.0 Å². The summed E-state index contributed by atoms with van der Waals surface area (Å²) in [4.78, 5) is 11.0. The van der Waals surface area contributed by atoms with Gasteiger partial charge in [0.15, 0.2) is 0 Å². The molecule has 4 saturated carbocycles. The van der Waals surface area contributed by atoms with E-state index in [1.165, 1.54) is 0 Å². The van der Waals surface area contributed by atoms with Gasteiger partial charge in [-0.05, 0) is 91.8 Å². The number of carboxylic acids is 1. The minimum Gasteiger partial charge on any atom is -0.481 e. The minimum absolute atomic E-state index is 0.00285. The Morgan fingerprint density at radius 1 is 1.03 bits per heavy atom. The fourth-order valence-corrected chi connectivity index (χ4v) is 8.72. The van der Waals surface area contributed by atoms with E-state index in [1.54, 1.807) is 0 Å². The Kier molecular flexibility index (Phi) is 5.55. The van der Waals surface area contributed by atoms with Crippen molar-refractivity contribution in [3.05, 3.63) is 0 Å². The van der Waals surface area contributed by atoms with Gasteiger partial charge in [-0.1, -0.05) is 20.8 Å². The van der Waals surface area contributed by atoms with E-state index in [0.29, 0.717) is 36.5 Å². The molecule has 0 bridgehead atoms. The maximum atomic E-state index is 15.5. The van der Waals surface area contributed by atoms with E-state index in [2.05, 4.69) is 20.8 Å². The minimum atomic E-state index is -1.25. The Bertz CT molecular complexity index is 640. The summed E-state index contributed by atoms with van der Waals surface area (Å²) in [6.45, 7) is 6.74. The standard InChI is InChI=1S/C24H39FO4/c1-13(4-7-19(27)28)15-5-6-16-20-17(9-11-23(15,16)2)24(3)10-8-14(26)12-18(24)21(25)22(20)29/h13-18,20-22,26,29H,4-12H2,1-3H3,(H,27,28)/t13-,14-,15-,16+,17+,18?,20+,21-,22+,23-,24-/m1/s1. The van der Waals surface area contributed by atoms with Gasteiger partial charge >= 0.3 is 5.97 Å². The normalized spacial score (nSPS) is 52.9. The zero-order valence-electron chi connectivity index (χ0n) is 18.2. The van der Waals surface area contributed by atoms with Gasteiger partial charge < -0.3 is 15.3 Å². The molecule has 0 radical (unpaired) electrons. The van der Waals surface area contributed by atoms with E-state index in [0.717, 1.165) is 38.5 Å². The molecule has 4 aliphatic carbocycles. The number of carboxylic acid groups (broad SMARTS) is 1. The number of hydrogen-bond acceptors (Lipinski definition) is 3. The molecule has 0 spiro atoms. The summed E-state index contributed by atoms with van der Waals surface area (Å²) in [5.74, 6) is 0.464. The van der Waals surface area contributed by atoms with Crippen LogP contribution in [0.25, 0.3) is 0 Å². The number of rotatable bonds is 4. The van der Waals surface area contributed by atoms with Gasteiger partial charge in [0, 0.05) is 12.3 Å². The fourth-order valence-electron chi connectivity index (χ4n) is 8.72. The fraction of sp³-hybridized carbons (Fsp3) is 0.958. The first-order valence-corrected chi connectivity index (χ1v) is 11.8. The predicted octanol–water partition coefficient (Wildman–Crippen LogP) is 4.43. The van der Waals surface area contributed by atoms with E-state index in [4.69, 9.17) is 5.11 Å². The topological polar surface area (TPSA) is 77.8 Å². The molecule has 1 unspecified atom stereocenters. The van der Waals surface area contributed by atoms with Crippen LogP contribution < -0.4 is 0 Å². The summed E-state index contributed by atoms with van der Waals surface area (Å²) in [5.41, 5.74) is -0.0615. The summed E-state index contributed by atoms with van der Waals surface area (Å²) in [5, 5.41) is 30.4. The van der Waals surface area contributed by atoms with Gasteiger partial charge in [0.2, 0.25) is 0 Å². The molecule has 0 aliphatic heterocycles. The van der Waals surface area contributed by atoms with Crippen LogP contribution in [0.4, 0.5) is 4.39 Å². The molecule has 4 nitrogen and oxygen atoms in total. The molecule has 3 N–H and O–H groups in total. The maximum absolute atomic E-state index is 15.5. The van der Waals surface area contributed by atoms with Crippen LogP contribution in [0.2, 0.25) is 0 Å². The molecule has 0 aromatic heterocycles. The third kappa shape index (κ3) is 3.26. The Labute approximate surface area is 174 Å². The Hall–Kier alpha value is -0.680. The van der Waals surface area contributed by atoms with Crippen LogP contribution in [0.1, 0.15) is 78.6 Å². The average Bonchev–Trinajstić information content (AvgIpc) is 3.02. The molecule has 0 heterocycles. The maximum Gasteiger partial charge on any atom is 0.303 e. The van der Waals surface area contributed by atoms with Crippen molar-refractivity contribution in [1.29, 1.82) is 0 Å². The quantitative estimate of drug-likeness (QED) is 0.641. The van der Waals surface area contributed by atoms with Crippen LogP contribution in [0.3, 0.4) is 0 Å². The van der Waals surface area contributed by atoms with Gasteiger partial charge in [0.1, 0.15) is 6.17 Å². The Morgan fingerprint density at radius 2 is 1.69 bits per heavy atom. The van der Waals surface area contributed by atoms with Crippen LogP contribution >= 0.6 is 0 Å². The van der Waals surface area contributed by atoms with Crippen molar-refractivity contribution >= 4 is 5.97 Å². The van der Waals surface area contributed by atoms with Crippen molar-refractivity contribution in [3.8, 4) is 0 Å². The van der Waals surface area contributed by atoms with Crippen molar-refractivity contribution in [2.24, 2.45) is 46.3 Å². The first-order valence-electron chi connectivity index (χ1n) is 11.8. The molecule has 11 atom stereocenters. The summed E-state index contributed by atoms with van der Waals surface area (Å²) < 4.78 is 15.5. The SMILES string of the molecule is C[C@H](CCC(=O)O)[C@H]1CC[C@H]2[C@@H]3[C@H](O)[C@H](F)C4C[C@H](O)CC[C@]4(C)[C@H]3CC[C@]12C. The van der Waals surface area contributed by atoms with Gasteiger partial charge in [0.05, 0.1) is 12.2 Å². The molecular formula is C24H39FO4. The second-order valence-electron chi connectivity index (χ2n) is 11.4. The number of hydrogen-bond donors (Lipinski definition) is 3. The van der Waals surface area contributed by atoms with Gasteiger partial charge in [-0.25, -0.2) is 4.39 Å². The summed E-state index contributed by atoms with van der Waals surface area (Å²) in [6, 6.07) is 0. The number of halogens is 1. The number of alkyl halides is 1. The van der Waals surface area contributed by atoms with E-state index in [-0.39, 0.29) is 29.1 Å². The number of aliphatic hydroxyl groups excluding tert-OH is 2. The lowest BCUT2D eigenvalue weighted by Gasteiger charge is -2.63. The van der Waals surface area contributed by atoms with Crippen molar-refractivity contribution in [3.63, 3.8) is 0 Å². The molecule has 0 aromatic rings. The lowest BCUT2D eigenvalue weighted by Crippen LogP contribution is -2.63. The second kappa shape index (κ2) is 7.47. The molecule has 5 heteroatoms. The van der Waals surface area contributed by atoms with Crippen molar-refractivity contribution in [2.45, 2.75) is 96.9 Å². The Balaban J connectivity index is 1.59. The van der Waals surface area contributed by atoms with Crippen LogP contribution in [0, 0.1) is 46.3 Å². The Morgan fingerprint density at radius 3 is 2.38 bits per heavy atom. The van der Waals surface area contributed by atoms with Crippen molar-refractivity contribution < 1.29 is 24.5 Å². The van der Waals surface area contributed by atoms with Crippen LogP contribution in [-0.2, 0) is 4.79 Å². The molecule has 29 heavy (non-hydrogen) atoms. The summed E-state index contributed by atoms with van der Waals surface area (Å²) in [7, 11) is 0. The highest BCUT2D eigenvalue weighted by Gasteiger charge is 2.65. The zero-order valence-corrected chi connectivity index (χ0v) is 18.2. The number of fused-ring (bicyclic) bond motifs is 5. The van der Waals surface area contributed by atoms with Gasteiger partial charge in [-0.3, -0.25) is 4.79 Å². The largest absolute Gasteiger partial charge is 0.481 e. The number of aliphatic hydroxyl groups is 2. The highest BCUT2D eigenvalue weighted by atomic mass is 19.1. The monoisotopic (exact) mass is 410 g/mol. The molecule has 4 aliphatic rings. The molecule has 4 rings (SSSR count). The molecule has 0 saturated heterocycles. The molecule has 0 amide bonds. The molecule has 0 aromatic carbocycles. The van der Waals surface area contributed by atoms with E-state index in [1.807, 2.05) is 0 Å². The molecular weight excluding hydrogens is 371 g/mol. The third-order valence-corrected chi connectivity index (χ3v) is 10.2. The first kappa shape index (κ1) is 21.5. The number of aliphatic carboxylic acids is 1. The summed E-state index contributed by atoms with van der Waals surface area (Å²) >= 11 is 0.